The topological polar surface area (TPSA) is 61.8 Å². The van der Waals surface area contributed by atoms with Crippen LogP contribution in [-0.2, 0) is 17.8 Å². The Kier molecular flexibility index (Phi) is 5.91. The van der Waals surface area contributed by atoms with Crippen molar-refractivity contribution in [3.63, 3.8) is 0 Å². The van der Waals surface area contributed by atoms with Crippen LogP contribution in [0.15, 0.2) is 30.3 Å². The van der Waals surface area contributed by atoms with Crippen LogP contribution in [0.3, 0.4) is 0 Å². The van der Waals surface area contributed by atoms with Gasteiger partial charge in [0.1, 0.15) is 11.6 Å². The Morgan fingerprint density at radius 3 is 2.35 bits per heavy atom. The molecule has 0 atom stereocenters. The van der Waals surface area contributed by atoms with Crippen molar-refractivity contribution in [3.8, 4) is 5.75 Å². The molecule has 2 aromatic rings. The Hall–Kier alpha value is -2.83. The van der Waals surface area contributed by atoms with Gasteiger partial charge in [0.2, 0.25) is 5.95 Å². The zero-order chi connectivity index (χ0) is 21.0. The molecule has 7 heteroatoms. The number of nitrogens with zero attached hydrogens (tertiary/aromatic N) is 5. The Morgan fingerprint density at radius 2 is 1.58 bits per heavy atom. The molecule has 0 aliphatic carbocycles. The molecule has 0 unspecified atom stereocenters. The molecule has 5 rings (SSSR count). The summed E-state index contributed by atoms with van der Waals surface area (Å²) >= 11 is 0. The summed E-state index contributed by atoms with van der Waals surface area (Å²) in [7, 11) is 0. The van der Waals surface area contributed by atoms with Gasteiger partial charge in [0, 0.05) is 44.7 Å². The SMILES string of the molecule is O=C(COc1ccccc1)N1CCc2nc(N3CCCC3)nc(N3CCCCC3)c2C1. The number of benzene rings is 1. The fourth-order valence-electron chi connectivity index (χ4n) is 4.78. The lowest BCUT2D eigenvalue weighted by molar-refractivity contribution is -0.134. The van der Waals surface area contributed by atoms with Gasteiger partial charge >= 0.3 is 0 Å². The van der Waals surface area contributed by atoms with Crippen LogP contribution in [-0.4, -0.2) is 60.1 Å². The van der Waals surface area contributed by atoms with Crippen molar-refractivity contribution in [2.24, 2.45) is 0 Å². The number of aromatic nitrogens is 2. The maximum absolute atomic E-state index is 12.9. The van der Waals surface area contributed by atoms with Crippen LogP contribution in [0.4, 0.5) is 11.8 Å². The van der Waals surface area contributed by atoms with Gasteiger partial charge in [-0.3, -0.25) is 4.79 Å². The van der Waals surface area contributed by atoms with Gasteiger partial charge in [0.25, 0.3) is 5.91 Å². The van der Waals surface area contributed by atoms with E-state index in [1.54, 1.807) is 0 Å². The van der Waals surface area contributed by atoms with E-state index in [4.69, 9.17) is 14.7 Å². The number of hydrogen-bond donors (Lipinski definition) is 0. The van der Waals surface area contributed by atoms with E-state index in [0.717, 1.165) is 61.4 Å². The first-order valence-electron chi connectivity index (χ1n) is 11.6. The second-order valence-corrected chi connectivity index (χ2v) is 8.68. The minimum Gasteiger partial charge on any atom is -0.484 e. The number of amides is 1. The number of piperidine rings is 1. The first-order chi connectivity index (χ1) is 15.3. The van der Waals surface area contributed by atoms with E-state index in [9.17, 15) is 4.79 Å². The third-order valence-electron chi connectivity index (χ3n) is 6.53. The monoisotopic (exact) mass is 421 g/mol. The lowest BCUT2D eigenvalue weighted by Crippen LogP contribution is -2.41. The summed E-state index contributed by atoms with van der Waals surface area (Å²) in [6.07, 6.45) is 6.88. The van der Waals surface area contributed by atoms with Crippen molar-refractivity contribution in [1.82, 2.24) is 14.9 Å². The third-order valence-corrected chi connectivity index (χ3v) is 6.53. The van der Waals surface area contributed by atoms with Gasteiger partial charge in [0.15, 0.2) is 6.61 Å². The summed E-state index contributed by atoms with van der Waals surface area (Å²) < 4.78 is 5.70. The molecule has 164 valence electrons. The first kappa shape index (κ1) is 20.1. The van der Waals surface area contributed by atoms with Gasteiger partial charge in [-0.1, -0.05) is 18.2 Å². The number of rotatable bonds is 5. The van der Waals surface area contributed by atoms with E-state index in [-0.39, 0.29) is 12.5 Å². The fourth-order valence-corrected chi connectivity index (χ4v) is 4.78. The molecule has 0 saturated carbocycles. The van der Waals surface area contributed by atoms with Crippen LogP contribution >= 0.6 is 0 Å². The molecule has 0 bridgehead atoms. The summed E-state index contributed by atoms with van der Waals surface area (Å²) in [6, 6.07) is 9.52. The summed E-state index contributed by atoms with van der Waals surface area (Å²) in [5, 5.41) is 0. The van der Waals surface area contributed by atoms with Crippen molar-refractivity contribution >= 4 is 17.7 Å². The molecule has 0 radical (unpaired) electrons. The zero-order valence-electron chi connectivity index (χ0n) is 18.1. The number of hydrogen-bond acceptors (Lipinski definition) is 6. The maximum atomic E-state index is 12.9. The minimum atomic E-state index is 0.0164. The predicted molar refractivity (Wildman–Crippen MR) is 121 cm³/mol. The highest BCUT2D eigenvalue weighted by Gasteiger charge is 2.29. The Balaban J connectivity index is 1.36. The fraction of sp³-hybridized carbons (Fsp3) is 0.542. The van der Waals surface area contributed by atoms with Crippen LogP contribution in [0, 0.1) is 0 Å². The number of carbonyl (C=O) groups is 1. The molecule has 3 aliphatic heterocycles. The Morgan fingerprint density at radius 1 is 0.871 bits per heavy atom. The van der Waals surface area contributed by atoms with Crippen LogP contribution in [0.5, 0.6) is 5.75 Å². The molecule has 3 aliphatic rings. The number of fused-ring (bicyclic) bond motifs is 1. The molecule has 7 nitrogen and oxygen atoms in total. The van der Waals surface area contributed by atoms with E-state index in [2.05, 4.69) is 9.80 Å². The third kappa shape index (κ3) is 4.45. The van der Waals surface area contributed by atoms with Crippen LogP contribution < -0.4 is 14.5 Å². The first-order valence-corrected chi connectivity index (χ1v) is 11.6. The highest BCUT2D eigenvalue weighted by atomic mass is 16.5. The van der Waals surface area contributed by atoms with E-state index < -0.39 is 0 Å². The van der Waals surface area contributed by atoms with Crippen LogP contribution in [0.25, 0.3) is 0 Å². The lowest BCUT2D eigenvalue weighted by Gasteiger charge is -2.35. The molecule has 31 heavy (non-hydrogen) atoms. The van der Waals surface area contributed by atoms with Gasteiger partial charge in [-0.15, -0.1) is 0 Å². The van der Waals surface area contributed by atoms with E-state index in [1.165, 1.54) is 32.1 Å². The van der Waals surface area contributed by atoms with Crippen LogP contribution in [0.1, 0.15) is 43.4 Å². The standard InChI is InChI=1S/C24H31N5O2/c30-22(18-31-19-9-3-1-4-10-19)29-16-11-21-20(17-29)23(27-12-5-2-6-13-27)26-24(25-21)28-14-7-8-15-28/h1,3-4,9-10H,2,5-8,11-18H2. The zero-order valence-corrected chi connectivity index (χ0v) is 18.1. The predicted octanol–water partition coefficient (Wildman–Crippen LogP) is 3.03. The Labute approximate surface area is 184 Å². The molecule has 4 heterocycles. The van der Waals surface area contributed by atoms with E-state index >= 15 is 0 Å². The van der Waals surface area contributed by atoms with Gasteiger partial charge in [-0.25, -0.2) is 4.98 Å². The summed E-state index contributed by atoms with van der Waals surface area (Å²) in [5.74, 6) is 2.67. The Bertz CT molecular complexity index is 908. The number of ether oxygens (including phenoxy) is 1. The molecular weight excluding hydrogens is 390 g/mol. The molecule has 1 amide bonds. The number of para-hydroxylation sites is 1. The molecule has 2 fully saturated rings. The van der Waals surface area contributed by atoms with Gasteiger partial charge < -0.3 is 19.4 Å². The summed E-state index contributed by atoms with van der Waals surface area (Å²) in [4.78, 5) is 29.5. The molecule has 0 N–H and O–H groups in total. The number of anilines is 2. The largest absolute Gasteiger partial charge is 0.484 e. The normalized spacial score (nSPS) is 18.8. The van der Waals surface area contributed by atoms with Gasteiger partial charge in [-0.05, 0) is 44.2 Å². The average Bonchev–Trinajstić information content (AvgIpc) is 3.38. The second kappa shape index (κ2) is 9.12. The van der Waals surface area contributed by atoms with Gasteiger partial charge in [0.05, 0.1) is 12.2 Å². The molecule has 1 aromatic carbocycles. The molecule has 2 saturated heterocycles. The van der Waals surface area contributed by atoms with E-state index in [1.807, 2.05) is 35.2 Å². The summed E-state index contributed by atoms with van der Waals surface area (Å²) in [5.41, 5.74) is 2.25. The quantitative estimate of drug-likeness (QED) is 0.740. The highest BCUT2D eigenvalue weighted by molar-refractivity contribution is 5.78. The van der Waals surface area contributed by atoms with Crippen molar-refractivity contribution in [1.29, 1.82) is 0 Å². The minimum absolute atomic E-state index is 0.0164. The second-order valence-electron chi connectivity index (χ2n) is 8.68. The van der Waals surface area contributed by atoms with Crippen molar-refractivity contribution in [3.05, 3.63) is 41.6 Å². The maximum Gasteiger partial charge on any atom is 0.260 e. The van der Waals surface area contributed by atoms with E-state index in [0.29, 0.717) is 13.1 Å². The van der Waals surface area contributed by atoms with Crippen molar-refractivity contribution in [2.75, 3.05) is 49.1 Å². The molecule has 0 spiro atoms. The molecular formula is C24H31N5O2. The lowest BCUT2D eigenvalue weighted by atomic mass is 10.0. The van der Waals surface area contributed by atoms with Crippen LogP contribution in [0.2, 0.25) is 0 Å². The highest BCUT2D eigenvalue weighted by Crippen LogP contribution is 2.31. The number of carbonyl (C=O) groups excluding carboxylic acids is 1. The average molecular weight is 422 g/mol. The van der Waals surface area contributed by atoms with Gasteiger partial charge in [-0.2, -0.15) is 4.98 Å². The van der Waals surface area contributed by atoms with Crippen molar-refractivity contribution < 1.29 is 9.53 Å². The summed E-state index contributed by atoms with van der Waals surface area (Å²) in [6.45, 7) is 5.46. The van der Waals surface area contributed by atoms with Crippen molar-refractivity contribution in [2.45, 2.75) is 45.1 Å². The molecule has 1 aromatic heterocycles. The smallest absolute Gasteiger partial charge is 0.260 e.